The molecule has 0 aromatic carbocycles. The van der Waals surface area contributed by atoms with E-state index in [1.54, 1.807) is 20.8 Å². The average molecular weight is 245 g/mol. The molecule has 1 atom stereocenters. The Labute approximate surface area is 101 Å². The molecule has 0 heterocycles. The molecule has 0 fully saturated rings. The summed E-state index contributed by atoms with van der Waals surface area (Å²) < 4.78 is 9.90. The molecule has 0 rings (SSSR count). The highest BCUT2D eigenvalue weighted by Gasteiger charge is 2.25. The van der Waals surface area contributed by atoms with Crippen LogP contribution in [0.5, 0.6) is 0 Å². The Bertz CT molecular complexity index is 282. The molecule has 0 radical (unpaired) electrons. The molecule has 0 aliphatic carbocycles. The Morgan fingerprint density at radius 2 is 2.06 bits per heavy atom. The van der Waals surface area contributed by atoms with Crippen molar-refractivity contribution in [1.29, 1.82) is 0 Å². The normalized spacial score (nSPS) is 12.6. The van der Waals surface area contributed by atoms with Crippen molar-refractivity contribution in [3.63, 3.8) is 0 Å². The molecule has 0 saturated carbocycles. The van der Waals surface area contributed by atoms with Gasteiger partial charge >= 0.3 is 12.1 Å². The molecule has 0 saturated heterocycles. The number of carbonyl (C=O) groups is 2. The maximum atomic E-state index is 11.1. The molecule has 1 unspecified atom stereocenters. The van der Waals surface area contributed by atoms with Crippen molar-refractivity contribution < 1.29 is 24.2 Å². The molecule has 0 aliphatic heterocycles. The Morgan fingerprint density at radius 1 is 1.47 bits per heavy atom. The van der Waals surface area contributed by atoms with Crippen molar-refractivity contribution in [2.45, 2.75) is 32.5 Å². The first-order valence-electron chi connectivity index (χ1n) is 5.18. The molecular weight excluding hydrogens is 226 g/mol. The van der Waals surface area contributed by atoms with Gasteiger partial charge in [0.25, 0.3) is 0 Å². The number of ether oxygens (including phenoxy) is 2. The highest BCUT2D eigenvalue weighted by molar-refractivity contribution is 5.74. The van der Waals surface area contributed by atoms with Gasteiger partial charge in [-0.2, -0.15) is 0 Å². The molecule has 0 bridgehead atoms. The standard InChI is InChI=1S/C11H19NO5/c1-5-6-16-10(15)12-7-8(9(13)14)17-11(2,3)4/h5,8H,1,6-7H2,2-4H3,(H,12,15)(H,13,14). The van der Waals surface area contributed by atoms with Crippen LogP contribution in [0.4, 0.5) is 4.79 Å². The smallest absolute Gasteiger partial charge is 0.407 e. The van der Waals surface area contributed by atoms with Crippen LogP contribution in [-0.2, 0) is 14.3 Å². The largest absolute Gasteiger partial charge is 0.479 e. The minimum absolute atomic E-state index is 0.0731. The van der Waals surface area contributed by atoms with Crippen LogP contribution in [0.25, 0.3) is 0 Å². The number of amides is 1. The first kappa shape index (κ1) is 15.4. The van der Waals surface area contributed by atoms with Gasteiger partial charge < -0.3 is 19.9 Å². The lowest BCUT2D eigenvalue weighted by atomic mass is 10.2. The van der Waals surface area contributed by atoms with Gasteiger partial charge in [-0.1, -0.05) is 12.7 Å². The van der Waals surface area contributed by atoms with E-state index in [2.05, 4.69) is 16.6 Å². The number of hydrogen-bond donors (Lipinski definition) is 2. The van der Waals surface area contributed by atoms with Gasteiger partial charge in [0, 0.05) is 0 Å². The van der Waals surface area contributed by atoms with Crippen molar-refractivity contribution in [3.05, 3.63) is 12.7 Å². The van der Waals surface area contributed by atoms with E-state index >= 15 is 0 Å². The summed E-state index contributed by atoms with van der Waals surface area (Å²) in [4.78, 5) is 21.9. The molecule has 1 amide bonds. The second-order valence-corrected chi connectivity index (χ2v) is 4.33. The SMILES string of the molecule is C=CCOC(=O)NCC(OC(C)(C)C)C(=O)O. The van der Waals surface area contributed by atoms with Gasteiger partial charge in [-0.25, -0.2) is 9.59 Å². The molecule has 17 heavy (non-hydrogen) atoms. The number of aliphatic carboxylic acids is 1. The minimum Gasteiger partial charge on any atom is -0.479 e. The zero-order valence-corrected chi connectivity index (χ0v) is 10.4. The maximum absolute atomic E-state index is 11.1. The number of carboxylic acid groups (broad SMARTS) is 1. The first-order valence-corrected chi connectivity index (χ1v) is 5.18. The van der Waals surface area contributed by atoms with E-state index < -0.39 is 23.8 Å². The number of carboxylic acids is 1. The van der Waals surface area contributed by atoms with Crippen LogP contribution in [0.15, 0.2) is 12.7 Å². The molecule has 0 aromatic rings. The Morgan fingerprint density at radius 3 is 2.47 bits per heavy atom. The maximum Gasteiger partial charge on any atom is 0.407 e. The molecule has 98 valence electrons. The molecule has 0 spiro atoms. The van der Waals surface area contributed by atoms with Crippen molar-refractivity contribution in [2.75, 3.05) is 13.2 Å². The predicted molar refractivity (Wildman–Crippen MR) is 61.8 cm³/mol. The molecule has 2 N–H and O–H groups in total. The third kappa shape index (κ3) is 8.27. The topological polar surface area (TPSA) is 84.9 Å². The van der Waals surface area contributed by atoms with Gasteiger partial charge in [0.1, 0.15) is 6.61 Å². The average Bonchev–Trinajstić information content (AvgIpc) is 2.19. The van der Waals surface area contributed by atoms with Crippen LogP contribution in [0.3, 0.4) is 0 Å². The van der Waals surface area contributed by atoms with Crippen molar-refractivity contribution >= 4 is 12.1 Å². The van der Waals surface area contributed by atoms with Gasteiger partial charge in [-0.3, -0.25) is 0 Å². The van der Waals surface area contributed by atoms with E-state index in [-0.39, 0.29) is 13.2 Å². The predicted octanol–water partition coefficient (Wildman–Crippen LogP) is 1.17. The van der Waals surface area contributed by atoms with E-state index in [0.29, 0.717) is 0 Å². The van der Waals surface area contributed by atoms with Gasteiger partial charge in [0.05, 0.1) is 12.1 Å². The summed E-state index contributed by atoms with van der Waals surface area (Å²) >= 11 is 0. The number of hydrogen-bond acceptors (Lipinski definition) is 4. The second kappa shape index (κ2) is 6.90. The lowest BCUT2D eigenvalue weighted by Gasteiger charge is -2.24. The van der Waals surface area contributed by atoms with Crippen LogP contribution in [0, 0.1) is 0 Å². The summed E-state index contributed by atoms with van der Waals surface area (Å²) in [5.41, 5.74) is -0.601. The van der Waals surface area contributed by atoms with Gasteiger partial charge in [0.2, 0.25) is 0 Å². The zero-order valence-electron chi connectivity index (χ0n) is 10.4. The summed E-state index contributed by atoms with van der Waals surface area (Å²) in [5, 5.41) is 11.2. The second-order valence-electron chi connectivity index (χ2n) is 4.33. The summed E-state index contributed by atoms with van der Waals surface area (Å²) in [5.74, 6) is -1.14. The summed E-state index contributed by atoms with van der Waals surface area (Å²) in [6.45, 7) is 8.51. The molecular formula is C11H19NO5. The lowest BCUT2D eigenvalue weighted by molar-refractivity contribution is -0.159. The summed E-state index contributed by atoms with van der Waals surface area (Å²) in [7, 11) is 0. The van der Waals surface area contributed by atoms with Crippen LogP contribution in [0.1, 0.15) is 20.8 Å². The Kier molecular flexibility index (Phi) is 6.27. The van der Waals surface area contributed by atoms with Crippen molar-refractivity contribution in [3.8, 4) is 0 Å². The zero-order chi connectivity index (χ0) is 13.5. The third-order valence-corrected chi connectivity index (χ3v) is 1.54. The highest BCUT2D eigenvalue weighted by atomic mass is 16.6. The van der Waals surface area contributed by atoms with E-state index in [0.717, 1.165) is 0 Å². The number of rotatable bonds is 6. The Balaban J connectivity index is 4.14. The van der Waals surface area contributed by atoms with Gasteiger partial charge in [0.15, 0.2) is 6.10 Å². The van der Waals surface area contributed by atoms with E-state index in [4.69, 9.17) is 9.84 Å². The highest BCUT2D eigenvalue weighted by Crippen LogP contribution is 2.10. The van der Waals surface area contributed by atoms with Gasteiger partial charge in [-0.05, 0) is 20.8 Å². The van der Waals surface area contributed by atoms with Gasteiger partial charge in [-0.15, -0.1) is 0 Å². The van der Waals surface area contributed by atoms with E-state index in [1.165, 1.54) is 6.08 Å². The van der Waals surface area contributed by atoms with Crippen LogP contribution >= 0.6 is 0 Å². The van der Waals surface area contributed by atoms with Crippen LogP contribution in [-0.4, -0.2) is 42.0 Å². The molecule has 6 heteroatoms. The Hall–Kier alpha value is -1.56. The van der Waals surface area contributed by atoms with Crippen LogP contribution in [0.2, 0.25) is 0 Å². The number of nitrogens with one attached hydrogen (secondary N) is 1. The monoisotopic (exact) mass is 245 g/mol. The van der Waals surface area contributed by atoms with E-state index in [9.17, 15) is 9.59 Å². The third-order valence-electron chi connectivity index (χ3n) is 1.54. The van der Waals surface area contributed by atoms with Crippen molar-refractivity contribution in [2.24, 2.45) is 0 Å². The minimum atomic E-state index is -1.14. The first-order chi connectivity index (χ1) is 7.76. The fourth-order valence-corrected chi connectivity index (χ4v) is 0.968. The van der Waals surface area contributed by atoms with E-state index in [1.807, 2.05) is 0 Å². The quantitative estimate of drug-likeness (QED) is 0.686. The fourth-order valence-electron chi connectivity index (χ4n) is 0.968. The summed E-state index contributed by atoms with van der Waals surface area (Å²) in [6.07, 6.45) is -0.389. The van der Waals surface area contributed by atoms with Crippen LogP contribution < -0.4 is 5.32 Å². The fraction of sp³-hybridized carbons (Fsp3) is 0.636. The molecule has 6 nitrogen and oxygen atoms in total. The molecule has 0 aromatic heterocycles. The molecule has 0 aliphatic rings. The number of carbonyl (C=O) groups excluding carboxylic acids is 1. The summed E-state index contributed by atoms with van der Waals surface area (Å²) in [6, 6.07) is 0. The number of alkyl carbamates (subject to hydrolysis) is 1. The van der Waals surface area contributed by atoms with Crippen molar-refractivity contribution in [1.82, 2.24) is 5.32 Å². The lowest BCUT2D eigenvalue weighted by Crippen LogP contribution is -2.42.